The average molecular weight is 207 g/mol. The molecule has 1 saturated heterocycles. The Hall–Kier alpha value is -1.06. The molecule has 1 atom stereocenters. The predicted octanol–water partition coefficient (Wildman–Crippen LogP) is 1.66. The van der Waals surface area contributed by atoms with Gasteiger partial charge < -0.3 is 15.2 Å². The summed E-state index contributed by atoms with van der Waals surface area (Å²) >= 11 is 0. The van der Waals surface area contributed by atoms with E-state index < -0.39 is 0 Å². The van der Waals surface area contributed by atoms with Crippen LogP contribution in [0.4, 0.5) is 0 Å². The molecule has 0 aliphatic carbocycles. The first-order valence-electron chi connectivity index (χ1n) is 5.45. The number of hydrogen-bond donors (Lipinski definition) is 2. The third-order valence-electron chi connectivity index (χ3n) is 2.70. The molecule has 1 aliphatic heterocycles. The zero-order valence-corrected chi connectivity index (χ0v) is 8.78. The van der Waals surface area contributed by atoms with Crippen LogP contribution < -0.4 is 5.32 Å². The summed E-state index contributed by atoms with van der Waals surface area (Å²) in [5.74, 6) is 0.359. The van der Waals surface area contributed by atoms with Crippen molar-refractivity contribution in [2.75, 3.05) is 13.2 Å². The van der Waals surface area contributed by atoms with Crippen LogP contribution in [-0.4, -0.2) is 24.4 Å². The van der Waals surface area contributed by atoms with Crippen LogP contribution in [0.3, 0.4) is 0 Å². The summed E-state index contributed by atoms with van der Waals surface area (Å²) in [6.45, 7) is 2.46. The number of phenols is 1. The number of nitrogens with one attached hydrogen (secondary N) is 1. The van der Waals surface area contributed by atoms with E-state index in [9.17, 15) is 5.11 Å². The van der Waals surface area contributed by atoms with Gasteiger partial charge in [0.15, 0.2) is 0 Å². The molecule has 82 valence electrons. The molecule has 0 unspecified atom stereocenters. The highest BCUT2D eigenvalue weighted by atomic mass is 16.5. The van der Waals surface area contributed by atoms with Crippen LogP contribution in [0.15, 0.2) is 24.3 Å². The van der Waals surface area contributed by atoms with Gasteiger partial charge in [-0.3, -0.25) is 0 Å². The zero-order valence-electron chi connectivity index (χ0n) is 8.78. The Bertz CT molecular complexity index is 308. The number of rotatable bonds is 4. The Morgan fingerprint density at radius 3 is 3.00 bits per heavy atom. The van der Waals surface area contributed by atoms with E-state index in [0.717, 1.165) is 25.1 Å². The van der Waals surface area contributed by atoms with Crippen molar-refractivity contribution in [2.24, 2.45) is 0 Å². The summed E-state index contributed by atoms with van der Waals surface area (Å²) in [5.41, 5.74) is 0.940. The maximum Gasteiger partial charge on any atom is 0.120 e. The minimum absolute atomic E-state index is 0.357. The molecule has 0 amide bonds. The number of ether oxygens (including phenoxy) is 1. The third kappa shape index (κ3) is 2.94. The van der Waals surface area contributed by atoms with Crippen molar-refractivity contribution in [3.8, 4) is 5.75 Å². The summed E-state index contributed by atoms with van der Waals surface area (Å²) in [5, 5.41) is 12.8. The fourth-order valence-corrected chi connectivity index (χ4v) is 1.83. The van der Waals surface area contributed by atoms with Crippen LogP contribution in [0.25, 0.3) is 0 Å². The van der Waals surface area contributed by atoms with Crippen molar-refractivity contribution in [2.45, 2.75) is 25.5 Å². The van der Waals surface area contributed by atoms with Gasteiger partial charge >= 0.3 is 0 Å². The third-order valence-corrected chi connectivity index (χ3v) is 2.70. The highest BCUT2D eigenvalue weighted by Crippen LogP contribution is 2.15. The molecule has 0 bridgehead atoms. The Labute approximate surface area is 90.1 Å². The van der Waals surface area contributed by atoms with Gasteiger partial charge in [0.1, 0.15) is 5.75 Å². The summed E-state index contributed by atoms with van der Waals surface area (Å²) in [6.07, 6.45) is 2.67. The Morgan fingerprint density at radius 1 is 1.40 bits per heavy atom. The Balaban J connectivity index is 1.75. The molecule has 1 aromatic carbocycles. The molecule has 1 aromatic rings. The second-order valence-corrected chi connectivity index (χ2v) is 3.89. The molecule has 3 nitrogen and oxygen atoms in total. The summed E-state index contributed by atoms with van der Waals surface area (Å²) in [7, 11) is 0. The fourth-order valence-electron chi connectivity index (χ4n) is 1.83. The largest absolute Gasteiger partial charge is 0.508 e. The quantitative estimate of drug-likeness (QED) is 0.789. The summed E-state index contributed by atoms with van der Waals surface area (Å²) in [4.78, 5) is 0. The monoisotopic (exact) mass is 207 g/mol. The standard InChI is InChI=1S/C12H17NO2/c14-12-6-2-1-4-10(12)8-13-9-11-5-3-7-15-11/h1-2,4,6,11,13-14H,3,5,7-9H2/t11-/m1/s1. The first kappa shape index (κ1) is 10.5. The van der Waals surface area contributed by atoms with Crippen molar-refractivity contribution < 1.29 is 9.84 Å². The second kappa shape index (κ2) is 5.14. The summed E-state index contributed by atoms with van der Waals surface area (Å²) < 4.78 is 5.50. The number of phenolic OH excluding ortho intramolecular Hbond substituents is 1. The first-order valence-corrected chi connectivity index (χ1v) is 5.45. The van der Waals surface area contributed by atoms with Crippen molar-refractivity contribution in [3.05, 3.63) is 29.8 Å². The number of para-hydroxylation sites is 1. The van der Waals surface area contributed by atoms with E-state index in [4.69, 9.17) is 4.74 Å². The van der Waals surface area contributed by atoms with Crippen LogP contribution in [0.5, 0.6) is 5.75 Å². The van der Waals surface area contributed by atoms with E-state index in [2.05, 4.69) is 5.32 Å². The van der Waals surface area contributed by atoms with E-state index in [1.165, 1.54) is 6.42 Å². The zero-order chi connectivity index (χ0) is 10.5. The van der Waals surface area contributed by atoms with Crippen molar-refractivity contribution in [1.82, 2.24) is 5.32 Å². The lowest BCUT2D eigenvalue weighted by molar-refractivity contribution is 0.110. The van der Waals surface area contributed by atoms with E-state index in [0.29, 0.717) is 18.4 Å². The highest BCUT2D eigenvalue weighted by molar-refractivity contribution is 5.31. The molecule has 1 heterocycles. The molecule has 2 rings (SSSR count). The van der Waals surface area contributed by atoms with Crippen molar-refractivity contribution in [1.29, 1.82) is 0 Å². The van der Waals surface area contributed by atoms with Gasteiger partial charge in [0, 0.05) is 25.3 Å². The van der Waals surface area contributed by atoms with Gasteiger partial charge in [-0.05, 0) is 18.9 Å². The lowest BCUT2D eigenvalue weighted by Gasteiger charge is -2.11. The van der Waals surface area contributed by atoms with Crippen LogP contribution in [-0.2, 0) is 11.3 Å². The van der Waals surface area contributed by atoms with Gasteiger partial charge in [-0.15, -0.1) is 0 Å². The average Bonchev–Trinajstić information content (AvgIpc) is 2.74. The van der Waals surface area contributed by atoms with Gasteiger partial charge in [0.05, 0.1) is 6.10 Å². The van der Waals surface area contributed by atoms with Gasteiger partial charge in [-0.25, -0.2) is 0 Å². The Morgan fingerprint density at radius 2 is 2.27 bits per heavy atom. The molecule has 2 N–H and O–H groups in total. The topological polar surface area (TPSA) is 41.5 Å². The normalized spacial score (nSPS) is 20.7. The highest BCUT2D eigenvalue weighted by Gasteiger charge is 2.14. The minimum atomic E-state index is 0.357. The molecule has 0 spiro atoms. The lowest BCUT2D eigenvalue weighted by Crippen LogP contribution is -2.25. The van der Waals surface area contributed by atoms with Gasteiger partial charge in [-0.2, -0.15) is 0 Å². The molecule has 0 saturated carbocycles. The smallest absolute Gasteiger partial charge is 0.120 e. The molecular formula is C12H17NO2. The number of aromatic hydroxyl groups is 1. The van der Waals surface area contributed by atoms with Gasteiger partial charge in [0.25, 0.3) is 0 Å². The van der Waals surface area contributed by atoms with E-state index in [1.54, 1.807) is 6.07 Å². The van der Waals surface area contributed by atoms with Crippen LogP contribution in [0.1, 0.15) is 18.4 Å². The minimum Gasteiger partial charge on any atom is -0.508 e. The molecule has 1 aliphatic rings. The SMILES string of the molecule is Oc1ccccc1CNC[C@H]1CCCO1. The second-order valence-electron chi connectivity index (χ2n) is 3.89. The van der Waals surface area contributed by atoms with Gasteiger partial charge in [0.2, 0.25) is 0 Å². The molecule has 0 radical (unpaired) electrons. The first-order chi connectivity index (χ1) is 7.36. The van der Waals surface area contributed by atoms with Crippen molar-refractivity contribution >= 4 is 0 Å². The van der Waals surface area contributed by atoms with Crippen molar-refractivity contribution in [3.63, 3.8) is 0 Å². The van der Waals surface area contributed by atoms with Gasteiger partial charge in [-0.1, -0.05) is 18.2 Å². The fraction of sp³-hybridized carbons (Fsp3) is 0.500. The van der Waals surface area contributed by atoms with Crippen LogP contribution in [0.2, 0.25) is 0 Å². The molecular weight excluding hydrogens is 190 g/mol. The lowest BCUT2D eigenvalue weighted by atomic mass is 10.2. The number of hydrogen-bond acceptors (Lipinski definition) is 3. The molecule has 1 fully saturated rings. The Kier molecular flexibility index (Phi) is 3.59. The van der Waals surface area contributed by atoms with E-state index in [-0.39, 0.29) is 0 Å². The maximum absolute atomic E-state index is 9.53. The van der Waals surface area contributed by atoms with Crippen LogP contribution in [0, 0.1) is 0 Å². The van der Waals surface area contributed by atoms with Crippen LogP contribution >= 0.6 is 0 Å². The number of benzene rings is 1. The maximum atomic E-state index is 9.53. The predicted molar refractivity (Wildman–Crippen MR) is 58.8 cm³/mol. The van der Waals surface area contributed by atoms with E-state index in [1.807, 2.05) is 18.2 Å². The molecule has 15 heavy (non-hydrogen) atoms. The molecule has 3 heteroatoms. The molecule has 0 aromatic heterocycles. The van der Waals surface area contributed by atoms with E-state index >= 15 is 0 Å². The summed E-state index contributed by atoms with van der Waals surface area (Å²) in [6, 6.07) is 7.41.